The number of hydrogen-bond acceptors (Lipinski definition) is 9. The second kappa shape index (κ2) is 13.5. The van der Waals surface area contributed by atoms with Crippen LogP contribution in [0.1, 0.15) is 36.1 Å². The maximum absolute atomic E-state index is 13.6. The Hall–Kier alpha value is -3.98. The van der Waals surface area contributed by atoms with Crippen LogP contribution in [0.2, 0.25) is 0 Å². The molecule has 0 saturated carbocycles. The molecule has 3 aromatic carbocycles. The van der Waals surface area contributed by atoms with Crippen molar-refractivity contribution in [1.82, 2.24) is 0 Å². The zero-order valence-corrected chi connectivity index (χ0v) is 22.7. The number of aliphatic hydroxyl groups excluding tert-OH is 6. The Bertz CT molecular complexity index is 1420. The smallest absolute Gasteiger partial charge is 0.256 e. The molecular weight excluding hydrogens is 570 g/mol. The predicted octanol–water partition coefficient (Wildman–Crippen LogP) is 1.26. The van der Waals surface area contributed by atoms with Crippen molar-refractivity contribution in [2.45, 2.75) is 49.4 Å². The molecule has 8 N–H and O–H groups in total. The van der Waals surface area contributed by atoms with Crippen LogP contribution in [0.3, 0.4) is 0 Å². The highest BCUT2D eigenvalue weighted by atomic mass is 19.1. The van der Waals surface area contributed by atoms with Crippen LogP contribution in [-0.4, -0.2) is 78.6 Å². The first-order chi connectivity index (χ1) is 20.4. The average molecular weight is 603 g/mol. The lowest BCUT2D eigenvalue weighted by Crippen LogP contribution is -2.55. The fourth-order valence-corrected chi connectivity index (χ4v) is 5.03. The summed E-state index contributed by atoms with van der Waals surface area (Å²) >= 11 is 0. The summed E-state index contributed by atoms with van der Waals surface area (Å²) in [7, 11) is 0. The van der Waals surface area contributed by atoms with Crippen LogP contribution >= 0.6 is 0 Å². The Labute approximate surface area is 244 Å². The zero-order valence-electron chi connectivity index (χ0n) is 22.7. The maximum Gasteiger partial charge on any atom is 0.256 e. The molecule has 0 unspecified atom stereocenters. The molecule has 1 aliphatic rings. The van der Waals surface area contributed by atoms with E-state index in [1.165, 1.54) is 65.6 Å². The topological polar surface area (TPSA) is 191 Å². The minimum Gasteiger partial charge on any atom is -0.508 e. The highest BCUT2D eigenvalue weighted by Gasteiger charge is 2.49. The molecular formula is C30H32F2N2O9. The Morgan fingerprint density at radius 2 is 1.49 bits per heavy atom. The van der Waals surface area contributed by atoms with E-state index in [9.17, 15) is 49.0 Å². The predicted molar refractivity (Wildman–Crippen MR) is 149 cm³/mol. The molecule has 1 fully saturated rings. The van der Waals surface area contributed by atoms with Crippen molar-refractivity contribution in [3.63, 3.8) is 0 Å². The monoisotopic (exact) mass is 602 g/mol. The van der Waals surface area contributed by atoms with Gasteiger partial charge in [0.15, 0.2) is 6.10 Å². The van der Waals surface area contributed by atoms with Crippen LogP contribution in [0.5, 0.6) is 5.75 Å². The van der Waals surface area contributed by atoms with Crippen molar-refractivity contribution in [1.29, 1.82) is 0 Å². The number of phenolic OH excluding ortho intramolecular Hbond substituents is 1. The summed E-state index contributed by atoms with van der Waals surface area (Å²) in [5.74, 6) is -3.54. The number of hydrogen-bond donors (Lipinski definition) is 8. The molecule has 230 valence electrons. The quantitative estimate of drug-likeness (QED) is 0.141. The minimum absolute atomic E-state index is 0.0167. The number of nitrogens with one attached hydrogen (secondary N) is 1. The van der Waals surface area contributed by atoms with Gasteiger partial charge in [0.1, 0.15) is 35.7 Å². The van der Waals surface area contributed by atoms with E-state index in [2.05, 4.69) is 5.32 Å². The van der Waals surface area contributed by atoms with Gasteiger partial charge in [0.2, 0.25) is 5.91 Å². The summed E-state index contributed by atoms with van der Waals surface area (Å²) in [6, 6.07) is 13.7. The van der Waals surface area contributed by atoms with Crippen LogP contribution in [-0.2, 0) is 9.59 Å². The number of carbonyl (C=O) groups excluding carboxylic acids is 2. The third-order valence-electron chi connectivity index (χ3n) is 7.46. The van der Waals surface area contributed by atoms with Gasteiger partial charge < -0.3 is 46.0 Å². The molecule has 13 heteroatoms. The molecule has 3 aromatic rings. The molecule has 0 aliphatic carbocycles. The lowest BCUT2D eigenvalue weighted by molar-refractivity contribution is -0.144. The van der Waals surface area contributed by atoms with Crippen molar-refractivity contribution in [2.75, 3.05) is 16.8 Å². The third kappa shape index (κ3) is 6.99. The Morgan fingerprint density at radius 1 is 0.884 bits per heavy atom. The Balaban J connectivity index is 1.54. The van der Waals surface area contributed by atoms with E-state index in [1.807, 2.05) is 0 Å². The second-order valence-electron chi connectivity index (χ2n) is 10.3. The van der Waals surface area contributed by atoms with Crippen molar-refractivity contribution in [3.8, 4) is 5.75 Å². The number of rotatable bonds is 12. The summed E-state index contributed by atoms with van der Waals surface area (Å²) in [4.78, 5) is 27.1. The molecule has 11 nitrogen and oxygen atoms in total. The van der Waals surface area contributed by atoms with Crippen LogP contribution < -0.4 is 10.2 Å². The molecule has 7 atom stereocenters. The lowest BCUT2D eigenvalue weighted by Gasteiger charge is -2.48. The number of phenols is 1. The van der Waals surface area contributed by atoms with Crippen LogP contribution in [0, 0.1) is 17.6 Å². The van der Waals surface area contributed by atoms with E-state index in [0.29, 0.717) is 11.3 Å². The Kier molecular flexibility index (Phi) is 10.1. The highest BCUT2D eigenvalue weighted by molar-refractivity contribution is 6.03. The standard InChI is InChI=1S/C30H32F2N2O9/c31-16-3-1-15(2-4-16)22(36)12-11-21-25(34(30(21)43)19-8-5-17(32)6-9-19)20-10-7-18(13-23(20)37)33-29(42)28(41)27(40)26(39)24(38)14-35/h1-10,13,21-22,24-28,35-41H,11-12,14H2,(H,33,42)/t21-,22+,24-,25-,26-,27+,28-/m1/s1. The van der Waals surface area contributed by atoms with E-state index < -0.39 is 66.6 Å². The first-order valence-corrected chi connectivity index (χ1v) is 13.4. The van der Waals surface area contributed by atoms with Gasteiger partial charge in [-0.3, -0.25) is 9.59 Å². The zero-order chi connectivity index (χ0) is 31.4. The number of amides is 2. The molecule has 0 radical (unpaired) electrons. The lowest BCUT2D eigenvalue weighted by atomic mass is 9.78. The fourth-order valence-electron chi connectivity index (χ4n) is 5.03. The van der Waals surface area contributed by atoms with Gasteiger partial charge in [-0.05, 0) is 60.9 Å². The molecule has 0 spiro atoms. The normalized spacial score (nSPS) is 20.1. The molecule has 2 amide bonds. The molecule has 0 bridgehead atoms. The van der Waals surface area contributed by atoms with Gasteiger partial charge in [0.05, 0.1) is 24.7 Å². The molecule has 1 heterocycles. The van der Waals surface area contributed by atoms with Gasteiger partial charge in [0, 0.05) is 23.0 Å². The molecule has 43 heavy (non-hydrogen) atoms. The first kappa shape index (κ1) is 31.9. The van der Waals surface area contributed by atoms with Crippen molar-refractivity contribution < 1.29 is 54.1 Å². The molecule has 0 aromatic heterocycles. The van der Waals surface area contributed by atoms with Gasteiger partial charge in [0.25, 0.3) is 5.91 Å². The van der Waals surface area contributed by atoms with E-state index in [4.69, 9.17) is 5.11 Å². The summed E-state index contributed by atoms with van der Waals surface area (Å²) in [6.07, 6.45) is -8.82. The fraction of sp³-hybridized carbons (Fsp3) is 0.333. The number of β-lactam (4-membered cyclic amide) rings is 1. The molecule has 1 saturated heterocycles. The van der Waals surface area contributed by atoms with E-state index >= 15 is 0 Å². The minimum atomic E-state index is -2.20. The summed E-state index contributed by atoms with van der Waals surface area (Å²) < 4.78 is 26.9. The maximum atomic E-state index is 13.6. The van der Waals surface area contributed by atoms with Gasteiger partial charge in [-0.1, -0.05) is 18.2 Å². The van der Waals surface area contributed by atoms with Gasteiger partial charge >= 0.3 is 0 Å². The average Bonchev–Trinajstić information content (AvgIpc) is 2.99. The summed E-state index contributed by atoms with van der Waals surface area (Å²) in [5, 5.41) is 71.9. The second-order valence-corrected chi connectivity index (χ2v) is 10.3. The number of nitrogens with zero attached hydrogens (tertiary/aromatic N) is 1. The summed E-state index contributed by atoms with van der Waals surface area (Å²) in [6.45, 7) is -0.924. The van der Waals surface area contributed by atoms with E-state index in [0.717, 1.165) is 6.07 Å². The number of benzene rings is 3. The SMILES string of the molecule is O=C(Nc1ccc([C@@H]2[C@@H](CC[C@H](O)c3ccc(F)cc3)C(=O)N2c2ccc(F)cc2)c(O)c1)[C@H](O)[C@@H](O)[C@H](O)[C@H](O)CO. The van der Waals surface area contributed by atoms with E-state index in [1.54, 1.807) is 0 Å². The molecule has 4 rings (SSSR count). The molecule has 1 aliphatic heterocycles. The number of aliphatic hydroxyl groups is 6. The number of aromatic hydroxyl groups is 1. The van der Waals surface area contributed by atoms with Crippen LogP contribution in [0.25, 0.3) is 0 Å². The Morgan fingerprint density at radius 3 is 2.07 bits per heavy atom. The van der Waals surface area contributed by atoms with E-state index in [-0.39, 0.29) is 35.7 Å². The van der Waals surface area contributed by atoms with Gasteiger partial charge in [-0.2, -0.15) is 0 Å². The summed E-state index contributed by atoms with van der Waals surface area (Å²) in [5.41, 5.74) is 1.08. The van der Waals surface area contributed by atoms with Crippen LogP contribution in [0.4, 0.5) is 20.2 Å². The van der Waals surface area contributed by atoms with Crippen molar-refractivity contribution >= 4 is 23.2 Å². The highest BCUT2D eigenvalue weighted by Crippen LogP contribution is 2.49. The third-order valence-corrected chi connectivity index (χ3v) is 7.46. The van der Waals surface area contributed by atoms with Gasteiger partial charge in [-0.25, -0.2) is 8.78 Å². The van der Waals surface area contributed by atoms with Crippen molar-refractivity contribution in [2.24, 2.45) is 5.92 Å². The van der Waals surface area contributed by atoms with Crippen molar-refractivity contribution in [3.05, 3.63) is 89.5 Å². The largest absolute Gasteiger partial charge is 0.508 e. The number of anilines is 2. The number of carbonyl (C=O) groups is 2. The first-order valence-electron chi connectivity index (χ1n) is 13.4. The van der Waals surface area contributed by atoms with Gasteiger partial charge in [-0.15, -0.1) is 0 Å². The number of halogens is 2. The van der Waals surface area contributed by atoms with Crippen LogP contribution in [0.15, 0.2) is 66.7 Å².